The van der Waals surface area contributed by atoms with Crippen LogP contribution in [0, 0.1) is 5.41 Å². The number of thioether (sulfide) groups is 1. The molecule has 0 saturated heterocycles. The second kappa shape index (κ2) is 7.88. The standard InChI is InChI=1S/C22H23N3O2S2/c1-4-10-28-21-24-23-20(29-21)25-16-12-22(2,3)13-17(26)19(16)15(11-18(25)27)14-8-6-5-7-9-14/h4-9,15H,1,10-13H2,2-3H3/t15-/m0/s1. The van der Waals surface area contributed by atoms with Crippen LogP contribution in [-0.2, 0) is 9.59 Å². The molecule has 0 N–H and O–H groups in total. The summed E-state index contributed by atoms with van der Waals surface area (Å²) in [6.07, 6.45) is 3.24. The van der Waals surface area contributed by atoms with Gasteiger partial charge in [-0.15, -0.1) is 16.8 Å². The molecule has 0 saturated carbocycles. The molecule has 2 heterocycles. The van der Waals surface area contributed by atoms with Crippen LogP contribution in [0.15, 0.2) is 58.6 Å². The summed E-state index contributed by atoms with van der Waals surface area (Å²) in [5.41, 5.74) is 2.39. The van der Waals surface area contributed by atoms with Crippen molar-refractivity contribution in [3.8, 4) is 0 Å². The van der Waals surface area contributed by atoms with E-state index in [-0.39, 0.29) is 29.4 Å². The Hall–Kier alpha value is -2.25. The number of nitrogens with zero attached hydrogens (tertiary/aromatic N) is 3. The number of benzene rings is 1. The lowest BCUT2D eigenvalue weighted by atomic mass is 9.69. The maximum atomic E-state index is 13.3. The number of hydrogen-bond acceptors (Lipinski definition) is 6. The zero-order valence-corrected chi connectivity index (χ0v) is 18.2. The van der Waals surface area contributed by atoms with Gasteiger partial charge < -0.3 is 0 Å². The third-order valence-corrected chi connectivity index (χ3v) is 7.29. The Labute approximate surface area is 178 Å². The third-order valence-electron chi connectivity index (χ3n) is 5.26. The SMILES string of the molecule is C=CCSc1nnc(N2C(=O)C[C@@H](c3ccccc3)C3=C2CC(C)(C)CC3=O)s1. The minimum Gasteiger partial charge on any atom is -0.294 e. The lowest BCUT2D eigenvalue weighted by Gasteiger charge is -2.41. The molecule has 150 valence electrons. The van der Waals surface area contributed by atoms with Gasteiger partial charge in [0.15, 0.2) is 10.1 Å². The number of rotatable bonds is 5. The summed E-state index contributed by atoms with van der Waals surface area (Å²) < 4.78 is 0.793. The monoisotopic (exact) mass is 425 g/mol. The number of carbonyl (C=O) groups excluding carboxylic acids is 2. The minimum atomic E-state index is -0.196. The van der Waals surface area contributed by atoms with E-state index in [9.17, 15) is 9.59 Å². The van der Waals surface area contributed by atoms with Crippen molar-refractivity contribution in [1.29, 1.82) is 0 Å². The highest BCUT2D eigenvalue weighted by molar-refractivity contribution is 8.01. The molecular formula is C22H23N3O2S2. The maximum Gasteiger partial charge on any atom is 0.234 e. The van der Waals surface area contributed by atoms with Gasteiger partial charge in [-0.25, -0.2) is 0 Å². The summed E-state index contributed by atoms with van der Waals surface area (Å²) >= 11 is 2.93. The van der Waals surface area contributed by atoms with E-state index in [2.05, 4.69) is 30.6 Å². The average Bonchev–Trinajstić information content (AvgIpc) is 3.13. The van der Waals surface area contributed by atoms with Gasteiger partial charge in [-0.1, -0.05) is 73.4 Å². The van der Waals surface area contributed by atoms with Crippen LogP contribution in [0.3, 0.4) is 0 Å². The van der Waals surface area contributed by atoms with Crippen LogP contribution in [0.25, 0.3) is 0 Å². The van der Waals surface area contributed by atoms with Crippen LogP contribution >= 0.6 is 23.1 Å². The van der Waals surface area contributed by atoms with Crippen molar-refractivity contribution in [2.45, 2.75) is 43.4 Å². The van der Waals surface area contributed by atoms with Gasteiger partial charge in [0.1, 0.15) is 0 Å². The highest BCUT2D eigenvalue weighted by atomic mass is 32.2. The lowest BCUT2D eigenvalue weighted by Crippen LogP contribution is -2.43. The molecule has 1 aromatic carbocycles. The second-order valence-electron chi connectivity index (χ2n) is 8.15. The predicted molar refractivity (Wildman–Crippen MR) is 117 cm³/mol. The smallest absolute Gasteiger partial charge is 0.234 e. The molecule has 2 aromatic rings. The lowest BCUT2D eigenvalue weighted by molar-refractivity contribution is -0.121. The highest BCUT2D eigenvalue weighted by Crippen LogP contribution is 2.48. The van der Waals surface area contributed by atoms with Gasteiger partial charge in [-0.3, -0.25) is 14.5 Å². The number of ketones is 1. The van der Waals surface area contributed by atoms with Crippen LogP contribution < -0.4 is 4.90 Å². The summed E-state index contributed by atoms with van der Waals surface area (Å²) in [7, 11) is 0. The molecular weight excluding hydrogens is 402 g/mol. The summed E-state index contributed by atoms with van der Waals surface area (Å²) in [5.74, 6) is 0.645. The van der Waals surface area contributed by atoms with E-state index >= 15 is 0 Å². The molecule has 0 radical (unpaired) electrons. The van der Waals surface area contributed by atoms with Crippen molar-refractivity contribution >= 4 is 39.9 Å². The molecule has 1 amide bonds. The number of Topliss-reactive ketones (excluding diaryl/α,β-unsaturated/α-hetero) is 1. The number of allylic oxidation sites excluding steroid dienone is 2. The number of aromatic nitrogens is 2. The normalized spacial score (nSPS) is 21.3. The van der Waals surface area contributed by atoms with E-state index in [1.54, 1.807) is 4.90 Å². The van der Waals surface area contributed by atoms with Crippen molar-refractivity contribution in [1.82, 2.24) is 10.2 Å². The Kier molecular flexibility index (Phi) is 5.44. The zero-order valence-electron chi connectivity index (χ0n) is 16.6. The van der Waals surface area contributed by atoms with Crippen molar-refractivity contribution in [3.63, 3.8) is 0 Å². The first-order chi connectivity index (χ1) is 13.9. The van der Waals surface area contributed by atoms with Crippen molar-refractivity contribution < 1.29 is 9.59 Å². The minimum absolute atomic E-state index is 0.0282. The number of carbonyl (C=O) groups is 2. The Morgan fingerprint density at radius 3 is 2.72 bits per heavy atom. The van der Waals surface area contributed by atoms with Crippen molar-refractivity contribution in [2.24, 2.45) is 5.41 Å². The number of amides is 1. The topological polar surface area (TPSA) is 63.2 Å². The molecule has 4 rings (SSSR count). The molecule has 1 atom stereocenters. The van der Waals surface area contributed by atoms with Crippen LogP contribution in [0.5, 0.6) is 0 Å². The van der Waals surface area contributed by atoms with Gasteiger partial charge in [0.25, 0.3) is 0 Å². The molecule has 0 unspecified atom stereocenters. The first-order valence-corrected chi connectivity index (χ1v) is 11.4. The van der Waals surface area contributed by atoms with E-state index in [4.69, 9.17) is 0 Å². The fourth-order valence-corrected chi connectivity index (χ4v) is 5.73. The summed E-state index contributed by atoms with van der Waals surface area (Å²) in [4.78, 5) is 28.1. The van der Waals surface area contributed by atoms with E-state index in [0.717, 1.165) is 26.9 Å². The Bertz CT molecular complexity index is 994. The van der Waals surface area contributed by atoms with Gasteiger partial charge in [-0.2, -0.15) is 0 Å². The van der Waals surface area contributed by atoms with Crippen LogP contribution in [-0.4, -0.2) is 27.6 Å². The molecule has 5 nitrogen and oxygen atoms in total. The summed E-state index contributed by atoms with van der Waals surface area (Å²) in [5, 5.41) is 9.04. The Morgan fingerprint density at radius 1 is 1.24 bits per heavy atom. The Morgan fingerprint density at radius 2 is 2.00 bits per heavy atom. The molecule has 2 aliphatic rings. The average molecular weight is 426 g/mol. The molecule has 29 heavy (non-hydrogen) atoms. The number of anilines is 1. The van der Waals surface area contributed by atoms with E-state index in [1.165, 1.54) is 23.1 Å². The van der Waals surface area contributed by atoms with Gasteiger partial charge in [0.2, 0.25) is 11.0 Å². The van der Waals surface area contributed by atoms with Gasteiger partial charge >= 0.3 is 0 Å². The quantitative estimate of drug-likeness (QED) is 0.384. The summed E-state index contributed by atoms with van der Waals surface area (Å²) in [6, 6.07) is 9.86. The largest absolute Gasteiger partial charge is 0.294 e. The summed E-state index contributed by atoms with van der Waals surface area (Å²) in [6.45, 7) is 7.88. The van der Waals surface area contributed by atoms with Crippen LogP contribution in [0.4, 0.5) is 5.13 Å². The number of hydrogen-bond donors (Lipinski definition) is 0. The van der Waals surface area contributed by atoms with Crippen molar-refractivity contribution in [3.05, 3.63) is 59.8 Å². The molecule has 0 bridgehead atoms. The fraction of sp³-hybridized carbons (Fsp3) is 0.364. The highest BCUT2D eigenvalue weighted by Gasteiger charge is 2.45. The first-order valence-electron chi connectivity index (χ1n) is 9.61. The molecule has 1 aliphatic carbocycles. The molecule has 0 fully saturated rings. The predicted octanol–water partition coefficient (Wildman–Crippen LogP) is 4.98. The van der Waals surface area contributed by atoms with E-state index in [0.29, 0.717) is 18.0 Å². The fourth-order valence-electron chi connectivity index (χ4n) is 4.09. The van der Waals surface area contributed by atoms with Gasteiger partial charge in [0, 0.05) is 35.8 Å². The van der Waals surface area contributed by atoms with Gasteiger partial charge in [0.05, 0.1) is 0 Å². The van der Waals surface area contributed by atoms with Crippen LogP contribution in [0.1, 0.15) is 44.6 Å². The maximum absolute atomic E-state index is 13.3. The molecule has 1 aliphatic heterocycles. The van der Waals surface area contributed by atoms with Crippen LogP contribution in [0.2, 0.25) is 0 Å². The molecule has 7 heteroatoms. The zero-order chi connectivity index (χ0) is 20.6. The van der Waals surface area contributed by atoms with E-state index in [1.807, 2.05) is 36.4 Å². The Balaban J connectivity index is 1.81. The first kappa shape index (κ1) is 20.0. The van der Waals surface area contributed by atoms with Crippen molar-refractivity contribution in [2.75, 3.05) is 10.7 Å². The van der Waals surface area contributed by atoms with Gasteiger partial charge in [-0.05, 0) is 17.4 Å². The van der Waals surface area contributed by atoms with E-state index < -0.39 is 0 Å². The second-order valence-corrected chi connectivity index (χ2v) is 10.4. The molecule has 1 aromatic heterocycles. The third kappa shape index (κ3) is 3.94. The molecule has 0 spiro atoms.